The van der Waals surface area contributed by atoms with E-state index in [4.69, 9.17) is 16.0 Å². The predicted molar refractivity (Wildman–Crippen MR) is 103 cm³/mol. The zero-order valence-electron chi connectivity index (χ0n) is 14.0. The first-order chi connectivity index (χ1) is 12.7. The molecule has 0 bridgehead atoms. The molecular formula is C19H15ClN4OS. The Bertz CT molecular complexity index is 1030. The Kier molecular flexibility index (Phi) is 4.77. The van der Waals surface area contributed by atoms with Crippen LogP contribution in [0.5, 0.6) is 0 Å². The lowest BCUT2D eigenvalue weighted by molar-refractivity contribution is 0.529. The fourth-order valence-electron chi connectivity index (χ4n) is 2.56. The number of halogens is 1. The Labute approximate surface area is 160 Å². The summed E-state index contributed by atoms with van der Waals surface area (Å²) in [5.41, 5.74) is 1.94. The van der Waals surface area contributed by atoms with Gasteiger partial charge in [-0.25, -0.2) is 4.98 Å². The molecule has 0 aliphatic heterocycles. The molecule has 7 heteroatoms. The Hall–Kier alpha value is -2.57. The maximum Gasteiger partial charge on any atom is 0.205 e. The van der Waals surface area contributed by atoms with E-state index >= 15 is 0 Å². The second-order valence-electron chi connectivity index (χ2n) is 5.65. The van der Waals surface area contributed by atoms with Crippen LogP contribution in [0.15, 0.2) is 70.4 Å². The van der Waals surface area contributed by atoms with Crippen LogP contribution in [0.1, 0.15) is 5.89 Å². The van der Waals surface area contributed by atoms with E-state index in [0.29, 0.717) is 22.4 Å². The topological polar surface area (TPSA) is 56.7 Å². The van der Waals surface area contributed by atoms with Crippen LogP contribution in [-0.4, -0.2) is 19.7 Å². The molecule has 0 amide bonds. The van der Waals surface area contributed by atoms with Gasteiger partial charge in [-0.3, -0.25) is 0 Å². The summed E-state index contributed by atoms with van der Waals surface area (Å²) in [6.07, 6.45) is 1.72. The number of rotatable bonds is 5. The van der Waals surface area contributed by atoms with Crippen molar-refractivity contribution in [2.45, 2.75) is 10.9 Å². The number of oxazole rings is 1. The molecule has 4 aromatic rings. The van der Waals surface area contributed by atoms with Crippen molar-refractivity contribution in [3.8, 4) is 22.7 Å². The third-order valence-corrected chi connectivity index (χ3v) is 5.09. The number of hydrogen-bond donors (Lipinski definition) is 0. The normalized spacial score (nSPS) is 11.0. The van der Waals surface area contributed by atoms with Gasteiger partial charge in [-0.05, 0) is 12.1 Å². The summed E-state index contributed by atoms with van der Waals surface area (Å²) in [5, 5.41) is 10.0. The highest BCUT2D eigenvalue weighted by atomic mass is 35.5. The van der Waals surface area contributed by atoms with Gasteiger partial charge in [0, 0.05) is 23.2 Å². The molecule has 2 heterocycles. The van der Waals surface area contributed by atoms with Gasteiger partial charge in [0.1, 0.15) is 0 Å². The average molecular weight is 383 g/mol. The van der Waals surface area contributed by atoms with Gasteiger partial charge in [-0.15, -0.1) is 10.2 Å². The lowest BCUT2D eigenvalue weighted by atomic mass is 10.2. The summed E-state index contributed by atoms with van der Waals surface area (Å²) in [4.78, 5) is 4.34. The second-order valence-corrected chi connectivity index (χ2v) is 7.03. The zero-order chi connectivity index (χ0) is 17.9. The van der Waals surface area contributed by atoms with Crippen molar-refractivity contribution in [3.05, 3.63) is 71.7 Å². The molecule has 0 unspecified atom stereocenters. The molecule has 5 nitrogen and oxygen atoms in total. The monoisotopic (exact) mass is 382 g/mol. The van der Waals surface area contributed by atoms with Crippen LogP contribution in [-0.2, 0) is 12.8 Å². The van der Waals surface area contributed by atoms with Gasteiger partial charge in [-0.2, -0.15) is 0 Å². The van der Waals surface area contributed by atoms with E-state index in [1.54, 1.807) is 6.20 Å². The van der Waals surface area contributed by atoms with Crippen LogP contribution in [0.25, 0.3) is 22.7 Å². The van der Waals surface area contributed by atoms with Gasteiger partial charge >= 0.3 is 0 Å². The number of nitrogens with zero attached hydrogens (tertiary/aromatic N) is 4. The molecule has 4 rings (SSSR count). The molecule has 0 fully saturated rings. The van der Waals surface area contributed by atoms with E-state index in [0.717, 1.165) is 22.1 Å². The predicted octanol–water partition coefficient (Wildman–Crippen LogP) is 5.08. The summed E-state index contributed by atoms with van der Waals surface area (Å²) in [6, 6.07) is 17.5. The summed E-state index contributed by atoms with van der Waals surface area (Å²) < 4.78 is 7.80. The van der Waals surface area contributed by atoms with Gasteiger partial charge < -0.3 is 8.98 Å². The van der Waals surface area contributed by atoms with E-state index in [1.165, 1.54) is 11.8 Å². The van der Waals surface area contributed by atoms with E-state index < -0.39 is 0 Å². The Morgan fingerprint density at radius 2 is 1.85 bits per heavy atom. The number of hydrogen-bond acceptors (Lipinski definition) is 5. The van der Waals surface area contributed by atoms with Crippen molar-refractivity contribution in [1.29, 1.82) is 0 Å². The molecule has 0 saturated carbocycles. The summed E-state index contributed by atoms with van der Waals surface area (Å²) in [5.74, 6) is 2.74. The number of benzene rings is 2. The highest BCUT2D eigenvalue weighted by molar-refractivity contribution is 7.98. The minimum absolute atomic E-state index is 0.571. The van der Waals surface area contributed by atoms with Crippen LogP contribution in [0.3, 0.4) is 0 Å². The van der Waals surface area contributed by atoms with Gasteiger partial charge in [0.15, 0.2) is 16.7 Å². The smallest absolute Gasteiger partial charge is 0.205 e. The van der Waals surface area contributed by atoms with Crippen molar-refractivity contribution < 1.29 is 4.42 Å². The fourth-order valence-corrected chi connectivity index (χ4v) is 3.51. The fraction of sp³-hybridized carbons (Fsp3) is 0.105. The first-order valence-electron chi connectivity index (χ1n) is 7.99. The van der Waals surface area contributed by atoms with Crippen LogP contribution in [0.2, 0.25) is 5.02 Å². The molecular weight excluding hydrogens is 368 g/mol. The van der Waals surface area contributed by atoms with Crippen molar-refractivity contribution in [2.24, 2.45) is 7.05 Å². The molecule has 0 aliphatic carbocycles. The van der Waals surface area contributed by atoms with Crippen molar-refractivity contribution in [1.82, 2.24) is 19.7 Å². The van der Waals surface area contributed by atoms with Crippen molar-refractivity contribution in [2.75, 3.05) is 0 Å². The number of aromatic nitrogens is 4. The third kappa shape index (κ3) is 3.52. The van der Waals surface area contributed by atoms with Crippen LogP contribution in [0.4, 0.5) is 0 Å². The Morgan fingerprint density at radius 1 is 1.04 bits per heavy atom. The van der Waals surface area contributed by atoms with Gasteiger partial charge in [-0.1, -0.05) is 65.8 Å². The van der Waals surface area contributed by atoms with E-state index in [9.17, 15) is 0 Å². The largest absolute Gasteiger partial charge is 0.440 e. The van der Waals surface area contributed by atoms with E-state index in [2.05, 4.69) is 15.2 Å². The van der Waals surface area contributed by atoms with Crippen LogP contribution in [0, 0.1) is 0 Å². The Balaban J connectivity index is 1.48. The molecule has 26 heavy (non-hydrogen) atoms. The SMILES string of the molecule is Cn1c(SCc2ncc(-c3cccc(Cl)c3)o2)nnc1-c1ccccc1. The van der Waals surface area contributed by atoms with Crippen LogP contribution >= 0.6 is 23.4 Å². The molecule has 0 atom stereocenters. The van der Waals surface area contributed by atoms with Crippen molar-refractivity contribution >= 4 is 23.4 Å². The minimum Gasteiger partial charge on any atom is -0.440 e. The molecule has 0 spiro atoms. The molecule has 130 valence electrons. The highest BCUT2D eigenvalue weighted by Gasteiger charge is 2.13. The summed E-state index contributed by atoms with van der Waals surface area (Å²) in [6.45, 7) is 0. The first-order valence-corrected chi connectivity index (χ1v) is 9.35. The lowest BCUT2D eigenvalue weighted by Crippen LogP contribution is -1.94. The summed E-state index contributed by atoms with van der Waals surface area (Å²) >= 11 is 7.56. The lowest BCUT2D eigenvalue weighted by Gasteiger charge is -2.02. The van der Waals surface area contributed by atoms with Gasteiger partial charge in [0.05, 0.1) is 11.9 Å². The standard InChI is InChI=1S/C19H15ClN4OS/c1-24-18(13-6-3-2-4-7-13)22-23-19(24)26-12-17-21-11-16(25-17)14-8-5-9-15(20)10-14/h2-11H,12H2,1H3. The first kappa shape index (κ1) is 16.9. The maximum absolute atomic E-state index is 6.03. The molecule has 2 aromatic carbocycles. The quantitative estimate of drug-likeness (QED) is 0.450. The second kappa shape index (κ2) is 7.35. The molecule has 0 N–H and O–H groups in total. The van der Waals surface area contributed by atoms with Crippen LogP contribution < -0.4 is 0 Å². The minimum atomic E-state index is 0.571. The highest BCUT2D eigenvalue weighted by Crippen LogP contribution is 2.28. The molecule has 0 aliphatic rings. The zero-order valence-corrected chi connectivity index (χ0v) is 15.5. The Morgan fingerprint density at radius 3 is 2.65 bits per heavy atom. The van der Waals surface area contributed by atoms with E-state index in [1.807, 2.05) is 66.2 Å². The average Bonchev–Trinajstić information content (AvgIpc) is 3.28. The van der Waals surface area contributed by atoms with Gasteiger partial charge in [0.2, 0.25) is 5.89 Å². The molecule has 0 radical (unpaired) electrons. The molecule has 0 saturated heterocycles. The molecule has 2 aromatic heterocycles. The van der Waals surface area contributed by atoms with Crippen molar-refractivity contribution in [3.63, 3.8) is 0 Å². The van der Waals surface area contributed by atoms with Gasteiger partial charge in [0.25, 0.3) is 0 Å². The number of thioether (sulfide) groups is 1. The maximum atomic E-state index is 6.03. The third-order valence-electron chi connectivity index (χ3n) is 3.85. The van der Waals surface area contributed by atoms with E-state index in [-0.39, 0.29) is 0 Å². The summed E-state index contributed by atoms with van der Waals surface area (Å²) in [7, 11) is 1.96.